The summed E-state index contributed by atoms with van der Waals surface area (Å²) in [5, 5.41) is 1.26. The second kappa shape index (κ2) is 5.53. The fourth-order valence-electron chi connectivity index (χ4n) is 1.67. The summed E-state index contributed by atoms with van der Waals surface area (Å²) in [4.78, 5) is 10.8. The summed E-state index contributed by atoms with van der Waals surface area (Å²) in [5.41, 5.74) is 2.47. The van der Waals surface area contributed by atoms with Crippen LogP contribution in [0.15, 0.2) is 6.07 Å². The number of rotatable bonds is 4. The Morgan fingerprint density at radius 3 is 2.40 bits per heavy atom. The summed E-state index contributed by atoms with van der Waals surface area (Å²) < 4.78 is 0. The third kappa shape index (κ3) is 2.53. The van der Waals surface area contributed by atoms with Gasteiger partial charge in [-0.2, -0.15) is 0 Å². The lowest BCUT2D eigenvalue weighted by molar-refractivity contribution is 0.112. The van der Waals surface area contributed by atoms with Gasteiger partial charge in [0.1, 0.15) is 6.29 Å². The lowest BCUT2D eigenvalue weighted by Crippen LogP contribution is -1.98. The Morgan fingerprint density at radius 2 is 1.93 bits per heavy atom. The molecule has 0 aliphatic heterocycles. The van der Waals surface area contributed by atoms with Crippen LogP contribution in [-0.2, 0) is 12.8 Å². The zero-order valence-corrected chi connectivity index (χ0v) is 10.5. The fraction of sp³-hybridized carbons (Fsp3) is 0.417. The molecule has 1 aromatic rings. The van der Waals surface area contributed by atoms with Crippen LogP contribution in [0.25, 0.3) is 0 Å². The molecule has 0 heterocycles. The van der Waals surface area contributed by atoms with Gasteiger partial charge in [-0.1, -0.05) is 43.5 Å². The van der Waals surface area contributed by atoms with E-state index in [0.29, 0.717) is 15.6 Å². The van der Waals surface area contributed by atoms with E-state index in [2.05, 4.69) is 6.92 Å². The van der Waals surface area contributed by atoms with Gasteiger partial charge in [-0.25, -0.2) is 0 Å². The van der Waals surface area contributed by atoms with E-state index in [1.165, 1.54) is 0 Å². The molecule has 0 saturated carbocycles. The highest BCUT2D eigenvalue weighted by molar-refractivity contribution is 6.37. The zero-order chi connectivity index (χ0) is 11.4. The van der Waals surface area contributed by atoms with Crippen LogP contribution in [0.2, 0.25) is 10.0 Å². The molecular formula is C12H14Cl2O. The fourth-order valence-corrected chi connectivity index (χ4v) is 2.46. The summed E-state index contributed by atoms with van der Waals surface area (Å²) in [6.07, 6.45) is 3.40. The van der Waals surface area contributed by atoms with Crippen molar-refractivity contribution in [2.45, 2.75) is 33.1 Å². The highest BCUT2D eigenvalue weighted by Crippen LogP contribution is 2.32. The standard InChI is InChI=1S/C12H14Cl2O/c1-3-5-10-11(13)6-8(7-15)9(4-2)12(10)14/h6-7H,3-5H2,1-2H3. The Kier molecular flexibility index (Phi) is 4.62. The number of halogens is 2. The van der Waals surface area contributed by atoms with Crippen LogP contribution in [0, 0.1) is 0 Å². The first-order chi connectivity index (χ1) is 7.15. The Hall–Kier alpha value is -0.530. The summed E-state index contributed by atoms with van der Waals surface area (Å²) in [5.74, 6) is 0. The number of benzene rings is 1. The summed E-state index contributed by atoms with van der Waals surface area (Å²) in [7, 11) is 0. The molecule has 1 aromatic carbocycles. The van der Waals surface area contributed by atoms with Crippen LogP contribution in [-0.4, -0.2) is 6.29 Å². The zero-order valence-electron chi connectivity index (χ0n) is 8.94. The van der Waals surface area contributed by atoms with Crippen molar-refractivity contribution in [3.05, 3.63) is 32.8 Å². The molecule has 1 nitrogen and oxygen atoms in total. The summed E-state index contributed by atoms with van der Waals surface area (Å²) >= 11 is 12.3. The molecule has 0 N–H and O–H groups in total. The molecule has 0 fully saturated rings. The maximum Gasteiger partial charge on any atom is 0.150 e. The lowest BCUT2D eigenvalue weighted by Gasteiger charge is -2.12. The van der Waals surface area contributed by atoms with Gasteiger partial charge in [0, 0.05) is 15.6 Å². The van der Waals surface area contributed by atoms with Crippen molar-refractivity contribution in [3.63, 3.8) is 0 Å². The number of carbonyl (C=O) groups excluding carboxylic acids is 1. The highest BCUT2D eigenvalue weighted by atomic mass is 35.5. The van der Waals surface area contributed by atoms with Gasteiger partial charge in [0.2, 0.25) is 0 Å². The predicted molar refractivity (Wildman–Crippen MR) is 65.2 cm³/mol. The number of hydrogen-bond donors (Lipinski definition) is 0. The third-order valence-electron chi connectivity index (χ3n) is 2.43. The Bertz CT molecular complexity index is 372. The molecule has 0 atom stereocenters. The first-order valence-corrected chi connectivity index (χ1v) is 5.86. The van der Waals surface area contributed by atoms with Crippen molar-refractivity contribution in [1.82, 2.24) is 0 Å². The Balaban J connectivity index is 3.37. The van der Waals surface area contributed by atoms with Gasteiger partial charge in [-0.15, -0.1) is 0 Å². The van der Waals surface area contributed by atoms with Crippen molar-refractivity contribution in [1.29, 1.82) is 0 Å². The van der Waals surface area contributed by atoms with Gasteiger partial charge in [-0.3, -0.25) is 4.79 Å². The molecule has 0 spiro atoms. The smallest absolute Gasteiger partial charge is 0.150 e. The normalized spacial score (nSPS) is 10.4. The number of hydrogen-bond acceptors (Lipinski definition) is 1. The average Bonchev–Trinajstić information content (AvgIpc) is 2.23. The molecule has 0 saturated heterocycles. The van der Waals surface area contributed by atoms with Gasteiger partial charge < -0.3 is 0 Å². The molecule has 0 aromatic heterocycles. The summed E-state index contributed by atoms with van der Waals surface area (Å²) in [6.45, 7) is 4.06. The van der Waals surface area contributed by atoms with Gasteiger partial charge in [0.15, 0.2) is 0 Å². The first kappa shape index (κ1) is 12.5. The molecule has 3 heteroatoms. The first-order valence-electron chi connectivity index (χ1n) is 5.10. The van der Waals surface area contributed by atoms with E-state index in [1.54, 1.807) is 6.07 Å². The van der Waals surface area contributed by atoms with Crippen molar-refractivity contribution in [3.8, 4) is 0 Å². The Labute approximate surface area is 100 Å². The minimum atomic E-state index is 0.598. The predicted octanol–water partition coefficient (Wildman–Crippen LogP) is 4.32. The minimum Gasteiger partial charge on any atom is -0.298 e. The van der Waals surface area contributed by atoms with Crippen molar-refractivity contribution < 1.29 is 4.79 Å². The topological polar surface area (TPSA) is 17.1 Å². The quantitative estimate of drug-likeness (QED) is 0.722. The van der Waals surface area contributed by atoms with E-state index >= 15 is 0 Å². The maximum absolute atomic E-state index is 10.8. The molecule has 0 bridgehead atoms. The maximum atomic E-state index is 10.8. The molecule has 1 rings (SSSR count). The van der Waals surface area contributed by atoms with Crippen molar-refractivity contribution >= 4 is 29.5 Å². The second-order valence-corrected chi connectivity index (χ2v) is 4.23. The van der Waals surface area contributed by atoms with E-state index in [0.717, 1.165) is 36.7 Å². The van der Waals surface area contributed by atoms with Gasteiger partial charge in [0.05, 0.1) is 0 Å². The summed E-state index contributed by atoms with van der Waals surface area (Å²) in [6, 6.07) is 1.71. The monoisotopic (exact) mass is 244 g/mol. The molecule has 0 aliphatic rings. The van der Waals surface area contributed by atoms with E-state index in [-0.39, 0.29) is 0 Å². The van der Waals surface area contributed by atoms with Crippen LogP contribution in [0.3, 0.4) is 0 Å². The molecule has 82 valence electrons. The molecule has 0 aliphatic carbocycles. The largest absolute Gasteiger partial charge is 0.298 e. The second-order valence-electron chi connectivity index (χ2n) is 3.44. The molecule has 0 radical (unpaired) electrons. The van der Waals surface area contributed by atoms with Crippen LogP contribution >= 0.6 is 23.2 Å². The van der Waals surface area contributed by atoms with E-state index in [1.807, 2.05) is 6.92 Å². The average molecular weight is 245 g/mol. The number of aldehydes is 1. The van der Waals surface area contributed by atoms with Gasteiger partial charge in [0.25, 0.3) is 0 Å². The van der Waals surface area contributed by atoms with Crippen LogP contribution in [0.5, 0.6) is 0 Å². The lowest BCUT2D eigenvalue weighted by atomic mass is 10.00. The van der Waals surface area contributed by atoms with Crippen LogP contribution < -0.4 is 0 Å². The molecular weight excluding hydrogens is 231 g/mol. The van der Waals surface area contributed by atoms with E-state index in [4.69, 9.17) is 23.2 Å². The Morgan fingerprint density at radius 1 is 1.27 bits per heavy atom. The molecule has 0 amide bonds. The van der Waals surface area contributed by atoms with Crippen molar-refractivity contribution in [2.24, 2.45) is 0 Å². The SMILES string of the molecule is CCCc1c(Cl)cc(C=O)c(CC)c1Cl. The molecule has 15 heavy (non-hydrogen) atoms. The number of carbonyl (C=O) groups is 1. The minimum absolute atomic E-state index is 0.598. The van der Waals surface area contributed by atoms with Crippen LogP contribution in [0.1, 0.15) is 41.8 Å². The third-order valence-corrected chi connectivity index (χ3v) is 3.22. The molecule has 0 unspecified atom stereocenters. The van der Waals surface area contributed by atoms with Crippen LogP contribution in [0.4, 0.5) is 0 Å². The van der Waals surface area contributed by atoms with E-state index in [9.17, 15) is 4.79 Å². The van der Waals surface area contributed by atoms with E-state index < -0.39 is 0 Å². The van der Waals surface area contributed by atoms with Gasteiger partial charge >= 0.3 is 0 Å². The van der Waals surface area contributed by atoms with Gasteiger partial charge in [-0.05, 0) is 30.0 Å². The highest BCUT2D eigenvalue weighted by Gasteiger charge is 2.13. The van der Waals surface area contributed by atoms with Crippen molar-refractivity contribution in [2.75, 3.05) is 0 Å².